The van der Waals surface area contributed by atoms with Crippen molar-refractivity contribution in [3.8, 4) is 5.75 Å². The summed E-state index contributed by atoms with van der Waals surface area (Å²) in [5, 5.41) is 26.1. The van der Waals surface area contributed by atoms with Crippen molar-refractivity contribution < 1.29 is 47.9 Å². The van der Waals surface area contributed by atoms with E-state index in [0.717, 1.165) is 27.6 Å². The molecule has 3 aromatic rings. The Morgan fingerprint density at radius 3 is 2.47 bits per heavy atom. The van der Waals surface area contributed by atoms with Crippen LogP contribution >= 0.6 is 0 Å². The largest absolute Gasteiger partial charge is 0.496 e. The number of rotatable bonds is 7. The molecule has 6 aliphatic rings. The molecule has 1 aromatic heterocycles. The first-order valence-electron chi connectivity index (χ1n) is 21.3. The number of methoxy groups -OCH3 is 3. The van der Waals surface area contributed by atoms with Gasteiger partial charge in [-0.15, -0.1) is 0 Å². The lowest BCUT2D eigenvalue weighted by Gasteiger charge is -2.59. The highest BCUT2D eigenvalue weighted by atomic mass is 19.1. The van der Waals surface area contributed by atoms with E-state index in [0.29, 0.717) is 68.1 Å². The minimum Gasteiger partial charge on any atom is -0.496 e. The highest BCUT2D eigenvalue weighted by molar-refractivity contribution is 5.95. The quantitative estimate of drug-likeness (QED) is 0.180. The molecule has 3 unspecified atom stereocenters. The number of esters is 3. The molecular weight excluding hydrogens is 772 g/mol. The molecule has 60 heavy (non-hydrogen) atoms. The number of alkyl halides is 1. The van der Waals surface area contributed by atoms with Gasteiger partial charge < -0.3 is 39.0 Å². The Morgan fingerprint density at radius 1 is 1.03 bits per heavy atom. The maximum absolute atomic E-state index is 15.5. The van der Waals surface area contributed by atoms with Gasteiger partial charge in [0.2, 0.25) is 5.60 Å². The summed E-state index contributed by atoms with van der Waals surface area (Å²) in [5.74, 6) is -2.58. The topological polar surface area (TPSA) is 154 Å². The number of likely N-dealkylation sites (N-methyl/N-ethyl adjacent to an activating group) is 1. The Bertz CT molecular complexity index is 2300. The summed E-state index contributed by atoms with van der Waals surface area (Å²) in [6.45, 7) is 7.24. The van der Waals surface area contributed by atoms with Gasteiger partial charge in [-0.1, -0.05) is 36.8 Å². The van der Waals surface area contributed by atoms with Crippen LogP contribution in [0.3, 0.4) is 0 Å². The van der Waals surface area contributed by atoms with E-state index in [1.807, 2.05) is 55.3 Å². The van der Waals surface area contributed by atoms with Gasteiger partial charge in [-0.25, -0.2) is 9.18 Å². The summed E-state index contributed by atoms with van der Waals surface area (Å²) in [5.41, 5.74) is -0.963. The molecule has 1 aliphatic carbocycles. The lowest BCUT2D eigenvalue weighted by Crippen LogP contribution is -2.78. The van der Waals surface area contributed by atoms with Crippen LogP contribution in [0, 0.1) is 11.8 Å². The number of hydrogen-bond acceptors (Lipinski definition) is 12. The zero-order valence-corrected chi connectivity index (χ0v) is 35.5. The Labute approximate surface area is 349 Å². The monoisotopic (exact) mass is 828 g/mol. The number of fused-ring (bicyclic) bond motifs is 6. The van der Waals surface area contributed by atoms with E-state index < -0.39 is 64.2 Å². The van der Waals surface area contributed by atoms with Crippen LogP contribution < -0.4 is 9.64 Å². The van der Waals surface area contributed by atoms with Crippen molar-refractivity contribution in [2.24, 2.45) is 11.8 Å². The van der Waals surface area contributed by atoms with Crippen molar-refractivity contribution in [3.05, 3.63) is 70.4 Å². The first-order valence-corrected chi connectivity index (χ1v) is 21.3. The maximum atomic E-state index is 15.5. The van der Waals surface area contributed by atoms with Gasteiger partial charge in [-0.3, -0.25) is 19.4 Å². The number of piperidine rings is 1. The van der Waals surface area contributed by atoms with Gasteiger partial charge in [0.25, 0.3) is 0 Å². The van der Waals surface area contributed by atoms with E-state index in [1.165, 1.54) is 28.1 Å². The summed E-state index contributed by atoms with van der Waals surface area (Å²) >= 11 is 0. The highest BCUT2D eigenvalue weighted by Crippen LogP contribution is 2.65. The Morgan fingerprint density at radius 2 is 1.78 bits per heavy atom. The number of nitrogens with one attached hydrogen (secondary N) is 1. The van der Waals surface area contributed by atoms with Gasteiger partial charge in [0.05, 0.1) is 27.4 Å². The average Bonchev–Trinajstić information content (AvgIpc) is 3.89. The number of ether oxygens (including phenoxy) is 4. The number of aliphatic hydroxyl groups is 2. The van der Waals surface area contributed by atoms with Crippen molar-refractivity contribution in [2.45, 2.75) is 99.3 Å². The van der Waals surface area contributed by atoms with E-state index >= 15 is 9.18 Å². The maximum Gasteiger partial charge on any atom is 0.344 e. The predicted molar refractivity (Wildman–Crippen MR) is 221 cm³/mol. The Hall–Kier alpha value is -4.50. The summed E-state index contributed by atoms with van der Waals surface area (Å²) in [7, 11) is 6.00. The number of hydrogen-bond donors (Lipinski definition) is 3. The summed E-state index contributed by atoms with van der Waals surface area (Å²) < 4.78 is 39.2. The molecule has 5 aliphatic heterocycles. The number of benzene rings is 2. The molecule has 2 aromatic carbocycles. The fourth-order valence-corrected chi connectivity index (χ4v) is 13.2. The number of para-hydroxylation sites is 1. The molecular formula is C46H57FN4O9. The fraction of sp³-hybridized carbons (Fsp3) is 0.587. The van der Waals surface area contributed by atoms with E-state index in [2.05, 4.69) is 20.9 Å². The van der Waals surface area contributed by atoms with Crippen molar-refractivity contribution in [3.63, 3.8) is 0 Å². The molecule has 3 N–H and O–H groups in total. The lowest BCUT2D eigenvalue weighted by molar-refractivity contribution is -0.212. The normalized spacial score (nSPS) is 36.0. The van der Waals surface area contributed by atoms with Gasteiger partial charge >= 0.3 is 17.9 Å². The van der Waals surface area contributed by atoms with Gasteiger partial charge in [0.15, 0.2) is 6.10 Å². The zero-order chi connectivity index (χ0) is 42.7. The van der Waals surface area contributed by atoms with Crippen molar-refractivity contribution in [1.29, 1.82) is 0 Å². The average molecular weight is 829 g/mol. The fourth-order valence-electron chi connectivity index (χ4n) is 13.2. The van der Waals surface area contributed by atoms with Crippen LogP contribution in [0.15, 0.2) is 48.0 Å². The number of nitrogens with zero attached hydrogens (tertiary/aromatic N) is 3. The van der Waals surface area contributed by atoms with Gasteiger partial charge in [-0.2, -0.15) is 0 Å². The smallest absolute Gasteiger partial charge is 0.344 e. The van der Waals surface area contributed by atoms with Crippen LogP contribution in [-0.2, 0) is 45.8 Å². The first kappa shape index (κ1) is 40.9. The van der Waals surface area contributed by atoms with Gasteiger partial charge in [0, 0.05) is 91.4 Å². The van der Waals surface area contributed by atoms with Crippen LogP contribution in [0.2, 0.25) is 0 Å². The van der Waals surface area contributed by atoms with E-state index in [4.69, 9.17) is 18.9 Å². The molecule has 14 heteroatoms. The van der Waals surface area contributed by atoms with Crippen LogP contribution in [-0.4, -0.2) is 140 Å². The number of halogens is 1. The number of carbonyl (C=O) groups excluding carboxylic acids is 3. The number of carbonyl (C=O) groups is 3. The minimum absolute atomic E-state index is 0.131. The zero-order valence-electron chi connectivity index (χ0n) is 35.5. The third-order valence-corrected chi connectivity index (χ3v) is 15.5. The third kappa shape index (κ3) is 5.38. The molecule has 322 valence electrons. The number of H-pyrrole nitrogens is 1. The highest BCUT2D eigenvalue weighted by Gasteiger charge is 2.77. The molecule has 3 fully saturated rings. The first-order chi connectivity index (χ1) is 28.6. The van der Waals surface area contributed by atoms with Crippen molar-refractivity contribution in [1.82, 2.24) is 14.8 Å². The third-order valence-electron chi connectivity index (χ3n) is 15.5. The van der Waals surface area contributed by atoms with Gasteiger partial charge in [0.1, 0.15) is 22.9 Å². The second-order valence-electron chi connectivity index (χ2n) is 18.2. The standard InChI is InChI=1S/C46H57FN4O9/c1-8-28-13-17-51-18-15-44-31-19-32(35(57-5)20-34(31)49(4)40(44)46(56,42(54)59-7)39(60-26(3)52)36(28)38(44)51)45(41(53)58-6)22-27-21-43(55,25(2)47)24-50(23-27)16-14-30-29-11-9-10-12-33(29)48-37(30)45/h9-13,19-20,25,27,36,38-40,48,55-56H,8,14-18,21-24H2,1-7H3/t25?,27-,36?,38-,39+,40+,43-,44+,45-,46+/m0/s1. The van der Waals surface area contributed by atoms with E-state index in [-0.39, 0.29) is 31.3 Å². The SMILES string of the molecule is CCC1=CCN2CC[C@]34c5cc([C@@]6(C(=O)OC)C[C@H]7CN(CCc8c6[nH]c6ccccc86)C[C@](O)(C(C)F)C7)c(OC)cc5N(C)[C@H]3[C@@](O)(C(=O)OC)[C@H](OC(C)=O)C1[C@H]24. The molecule has 11 atom stereocenters. The molecule has 2 bridgehead atoms. The molecule has 6 heterocycles. The molecule has 1 saturated carbocycles. The van der Waals surface area contributed by atoms with Crippen LogP contribution in [0.1, 0.15) is 68.8 Å². The predicted octanol–water partition coefficient (Wildman–Crippen LogP) is 3.94. The minimum atomic E-state index is -2.31. The second kappa shape index (κ2) is 14.3. The van der Waals surface area contributed by atoms with Crippen LogP contribution in [0.4, 0.5) is 10.1 Å². The van der Waals surface area contributed by atoms with Crippen LogP contribution in [0.25, 0.3) is 10.9 Å². The van der Waals surface area contributed by atoms with E-state index in [9.17, 15) is 19.8 Å². The summed E-state index contributed by atoms with van der Waals surface area (Å²) in [4.78, 5) is 52.6. The van der Waals surface area contributed by atoms with E-state index in [1.54, 1.807) is 7.11 Å². The summed E-state index contributed by atoms with van der Waals surface area (Å²) in [6, 6.07) is 10.6. The molecule has 2 saturated heterocycles. The molecule has 9 rings (SSSR count). The summed E-state index contributed by atoms with van der Waals surface area (Å²) in [6.07, 6.45) is 1.31. The molecule has 13 nitrogen and oxygen atoms in total. The van der Waals surface area contributed by atoms with Crippen LogP contribution in [0.5, 0.6) is 5.75 Å². The molecule has 1 spiro atoms. The lowest BCUT2D eigenvalue weighted by atomic mass is 9.52. The van der Waals surface area contributed by atoms with Crippen molar-refractivity contribution in [2.75, 3.05) is 66.0 Å². The number of aromatic amines is 1. The Kier molecular flexibility index (Phi) is 9.73. The number of aromatic nitrogens is 1. The molecule has 0 radical (unpaired) electrons. The number of anilines is 1. The Balaban J connectivity index is 1.35. The second-order valence-corrected chi connectivity index (χ2v) is 18.2. The van der Waals surface area contributed by atoms with Gasteiger partial charge in [-0.05, 0) is 74.8 Å². The molecule has 0 amide bonds. The van der Waals surface area contributed by atoms with Crippen molar-refractivity contribution >= 4 is 34.5 Å².